The van der Waals surface area contributed by atoms with Crippen LogP contribution in [0.2, 0.25) is 0 Å². The molecule has 1 heterocycles. The van der Waals surface area contributed by atoms with Crippen LogP contribution in [-0.4, -0.2) is 18.4 Å². The van der Waals surface area contributed by atoms with Crippen LogP contribution in [0.15, 0.2) is 53.3 Å². The van der Waals surface area contributed by atoms with Gasteiger partial charge in [-0.3, -0.25) is 20.4 Å². The summed E-state index contributed by atoms with van der Waals surface area (Å²) in [6.45, 7) is -0.239. The lowest BCUT2D eigenvalue weighted by Gasteiger charge is -2.08. The highest BCUT2D eigenvalue weighted by molar-refractivity contribution is 9.10. The molecule has 0 aliphatic carbocycles. The zero-order chi connectivity index (χ0) is 15.9. The van der Waals surface area contributed by atoms with Crippen molar-refractivity contribution in [1.82, 2.24) is 10.9 Å². The van der Waals surface area contributed by atoms with Gasteiger partial charge in [0, 0.05) is 16.6 Å². The zero-order valence-electron chi connectivity index (χ0n) is 11.3. The summed E-state index contributed by atoms with van der Waals surface area (Å²) >= 11 is 3.29. The zero-order valence-corrected chi connectivity index (χ0v) is 12.9. The fraction of sp³-hybridized carbons (Fsp3) is 0.0714. The number of amides is 2. The van der Waals surface area contributed by atoms with Crippen LogP contribution in [-0.2, 0) is 4.79 Å². The largest absolute Gasteiger partial charge is 0.619 e. The predicted octanol–water partition coefficient (Wildman–Crippen LogP) is 0.922. The number of aromatic nitrogens is 1. The Morgan fingerprint density at radius 2 is 1.73 bits per heavy atom. The molecule has 8 heteroatoms. The van der Waals surface area contributed by atoms with Gasteiger partial charge in [-0.25, -0.2) is 0 Å². The van der Waals surface area contributed by atoms with E-state index in [1.807, 2.05) is 0 Å². The molecule has 0 unspecified atom stereocenters. The summed E-state index contributed by atoms with van der Waals surface area (Å²) < 4.78 is 6.71. The van der Waals surface area contributed by atoms with Crippen LogP contribution in [0.4, 0.5) is 0 Å². The Labute approximate surface area is 134 Å². The molecule has 0 atom stereocenters. The van der Waals surface area contributed by atoms with Crippen LogP contribution in [0, 0.1) is 5.21 Å². The van der Waals surface area contributed by atoms with Gasteiger partial charge in [-0.05, 0) is 24.3 Å². The van der Waals surface area contributed by atoms with Crippen LogP contribution in [0.5, 0.6) is 5.75 Å². The number of benzene rings is 1. The molecule has 1 aromatic heterocycles. The van der Waals surface area contributed by atoms with E-state index in [4.69, 9.17) is 4.74 Å². The summed E-state index contributed by atoms with van der Waals surface area (Å²) in [6, 6.07) is 9.66. The highest BCUT2D eigenvalue weighted by Crippen LogP contribution is 2.15. The van der Waals surface area contributed by atoms with E-state index in [-0.39, 0.29) is 12.2 Å². The predicted molar refractivity (Wildman–Crippen MR) is 80.6 cm³/mol. The smallest absolute Gasteiger partial charge is 0.276 e. The fourth-order valence-corrected chi connectivity index (χ4v) is 1.74. The lowest BCUT2D eigenvalue weighted by atomic mass is 10.2. The Balaban J connectivity index is 1.76. The maximum absolute atomic E-state index is 11.7. The number of carbonyl (C=O) groups is 2. The van der Waals surface area contributed by atoms with Gasteiger partial charge in [0.1, 0.15) is 5.75 Å². The molecule has 22 heavy (non-hydrogen) atoms. The van der Waals surface area contributed by atoms with Gasteiger partial charge in [-0.15, -0.1) is 0 Å². The van der Waals surface area contributed by atoms with Gasteiger partial charge in [0.15, 0.2) is 19.0 Å². The first-order valence-electron chi connectivity index (χ1n) is 6.21. The molecule has 0 radical (unpaired) electrons. The van der Waals surface area contributed by atoms with E-state index in [9.17, 15) is 14.8 Å². The normalized spacial score (nSPS) is 9.86. The van der Waals surface area contributed by atoms with Gasteiger partial charge in [0.05, 0.1) is 5.56 Å². The molecular weight excluding hydrogens is 354 g/mol. The number of pyridine rings is 1. The molecule has 7 nitrogen and oxygen atoms in total. The number of nitrogens with one attached hydrogen (secondary N) is 2. The number of rotatable bonds is 4. The summed E-state index contributed by atoms with van der Waals surface area (Å²) in [7, 11) is 0. The van der Waals surface area contributed by atoms with Crippen molar-refractivity contribution in [3.63, 3.8) is 0 Å². The van der Waals surface area contributed by atoms with Gasteiger partial charge in [-0.2, -0.15) is 4.73 Å². The van der Waals surface area contributed by atoms with Crippen LogP contribution in [0.1, 0.15) is 10.4 Å². The fourth-order valence-electron chi connectivity index (χ4n) is 1.48. The van der Waals surface area contributed by atoms with Crippen LogP contribution < -0.4 is 20.3 Å². The van der Waals surface area contributed by atoms with Crippen LogP contribution in [0.25, 0.3) is 0 Å². The standard InChI is InChI=1S/C14H12BrN3O4/c15-11-1-3-12(4-2-11)22-9-13(19)16-17-14(20)10-5-7-18(21)8-6-10/h1-8H,9H2,(H,16,19)(H,17,20). The molecule has 0 bridgehead atoms. The van der Waals surface area contributed by atoms with Crippen LogP contribution in [0.3, 0.4) is 0 Å². The molecule has 2 N–H and O–H groups in total. The minimum absolute atomic E-state index is 0.239. The molecule has 2 rings (SSSR count). The summed E-state index contributed by atoms with van der Waals surface area (Å²) in [4.78, 5) is 23.2. The average Bonchev–Trinajstić information content (AvgIpc) is 2.52. The van der Waals surface area contributed by atoms with Crippen molar-refractivity contribution in [2.45, 2.75) is 0 Å². The van der Waals surface area contributed by atoms with E-state index >= 15 is 0 Å². The van der Waals surface area contributed by atoms with E-state index in [1.54, 1.807) is 24.3 Å². The Morgan fingerprint density at radius 1 is 1.09 bits per heavy atom. The number of nitrogens with zero attached hydrogens (tertiary/aromatic N) is 1. The molecular formula is C14H12BrN3O4. The number of hydrogen-bond donors (Lipinski definition) is 2. The van der Waals surface area contributed by atoms with Gasteiger partial charge < -0.3 is 9.94 Å². The molecule has 0 saturated carbocycles. The second-order valence-corrected chi connectivity index (χ2v) is 5.11. The van der Waals surface area contributed by atoms with E-state index < -0.39 is 11.8 Å². The van der Waals surface area contributed by atoms with Gasteiger partial charge >= 0.3 is 0 Å². The van der Waals surface area contributed by atoms with Gasteiger partial charge in [0.25, 0.3) is 11.8 Å². The number of halogens is 1. The molecule has 0 aliphatic rings. The monoisotopic (exact) mass is 365 g/mol. The summed E-state index contributed by atoms with van der Waals surface area (Å²) in [5.74, 6) is -0.503. The maximum Gasteiger partial charge on any atom is 0.276 e. The summed E-state index contributed by atoms with van der Waals surface area (Å²) in [5, 5.41) is 10.8. The number of ether oxygens (including phenoxy) is 1. The minimum atomic E-state index is -0.530. The van der Waals surface area contributed by atoms with Crippen molar-refractivity contribution in [3.05, 3.63) is 64.0 Å². The number of hydrogen-bond acceptors (Lipinski definition) is 4. The van der Waals surface area contributed by atoms with Crippen molar-refractivity contribution in [2.75, 3.05) is 6.61 Å². The Bertz CT molecular complexity index is 659. The van der Waals surface area contributed by atoms with Crippen molar-refractivity contribution in [2.24, 2.45) is 0 Å². The molecule has 1 aromatic carbocycles. The summed E-state index contributed by atoms with van der Waals surface area (Å²) in [5.41, 5.74) is 4.70. The molecule has 114 valence electrons. The van der Waals surface area contributed by atoms with E-state index in [1.165, 1.54) is 24.5 Å². The first-order valence-corrected chi connectivity index (χ1v) is 7.00. The minimum Gasteiger partial charge on any atom is -0.619 e. The van der Waals surface area contributed by atoms with Gasteiger partial charge in [0.2, 0.25) is 0 Å². The van der Waals surface area contributed by atoms with Crippen molar-refractivity contribution in [3.8, 4) is 5.75 Å². The maximum atomic E-state index is 11.7. The Hall–Kier alpha value is -2.61. The SMILES string of the molecule is O=C(COc1ccc(Br)cc1)NNC(=O)c1cc[n+]([O-])cc1. The molecule has 2 amide bonds. The van der Waals surface area contributed by atoms with Crippen molar-refractivity contribution >= 4 is 27.7 Å². The molecule has 0 aliphatic heterocycles. The third-order valence-electron chi connectivity index (χ3n) is 2.56. The molecule has 2 aromatic rings. The third kappa shape index (κ3) is 4.74. The molecule has 0 spiro atoms. The van der Waals surface area contributed by atoms with Crippen LogP contribution >= 0.6 is 15.9 Å². The van der Waals surface area contributed by atoms with Crippen molar-refractivity contribution in [1.29, 1.82) is 0 Å². The first kappa shape index (κ1) is 15.8. The Morgan fingerprint density at radius 3 is 2.36 bits per heavy atom. The topological polar surface area (TPSA) is 94.4 Å². The number of carbonyl (C=O) groups excluding carboxylic acids is 2. The number of hydrazine groups is 1. The van der Waals surface area contributed by atoms with Gasteiger partial charge in [-0.1, -0.05) is 15.9 Å². The average molecular weight is 366 g/mol. The van der Waals surface area contributed by atoms with E-state index in [0.29, 0.717) is 10.5 Å². The highest BCUT2D eigenvalue weighted by atomic mass is 79.9. The van der Waals surface area contributed by atoms with E-state index in [0.717, 1.165) is 4.47 Å². The quantitative estimate of drug-likeness (QED) is 0.478. The van der Waals surface area contributed by atoms with E-state index in [2.05, 4.69) is 26.8 Å². The highest BCUT2D eigenvalue weighted by Gasteiger charge is 2.08. The summed E-state index contributed by atoms with van der Waals surface area (Å²) in [6.07, 6.45) is 2.38. The lowest BCUT2D eigenvalue weighted by Crippen LogP contribution is -2.44. The molecule has 0 fully saturated rings. The lowest BCUT2D eigenvalue weighted by molar-refractivity contribution is -0.605. The third-order valence-corrected chi connectivity index (χ3v) is 3.09. The molecule has 0 saturated heterocycles. The second kappa shape index (κ2) is 7.41. The second-order valence-electron chi connectivity index (χ2n) is 4.19. The first-order chi connectivity index (χ1) is 10.5. The Kier molecular flexibility index (Phi) is 5.31. The van der Waals surface area contributed by atoms with Crippen molar-refractivity contribution < 1.29 is 19.1 Å².